The number of hydrogen-bond acceptors (Lipinski definition) is 4. The Morgan fingerprint density at radius 3 is 2.61 bits per heavy atom. The Labute approximate surface area is 119 Å². The molecule has 9 heteroatoms. The zero-order valence-corrected chi connectivity index (χ0v) is 11.8. The molecule has 0 aromatic carbocycles. The van der Waals surface area contributed by atoms with Crippen LogP contribution in [0.3, 0.4) is 0 Å². The Morgan fingerprint density at radius 1 is 1.56 bits per heavy atom. The van der Waals surface area contributed by atoms with Gasteiger partial charge in [0.15, 0.2) is 5.75 Å². The van der Waals surface area contributed by atoms with E-state index in [0.717, 1.165) is 13.3 Å². The van der Waals surface area contributed by atoms with E-state index >= 15 is 0 Å². The molecule has 1 heterocycles. The summed E-state index contributed by atoms with van der Waals surface area (Å²) in [4.78, 5) is 15.1. The summed E-state index contributed by atoms with van der Waals surface area (Å²) in [5.41, 5.74) is -0.241. The maximum Gasteiger partial charge on any atom is 0.573 e. The summed E-state index contributed by atoms with van der Waals surface area (Å²) in [6.07, 6.45) is -4.03. The molecule has 0 spiro atoms. The predicted molar refractivity (Wildman–Crippen MR) is 64.5 cm³/mol. The van der Waals surface area contributed by atoms with Crippen LogP contribution in [-0.2, 0) is 10.6 Å². The Hall–Kier alpha value is -0.770. The molecule has 1 rings (SSSR count). The van der Waals surface area contributed by atoms with Gasteiger partial charge in [0.25, 0.3) is 0 Å². The van der Waals surface area contributed by atoms with Gasteiger partial charge in [-0.25, -0.2) is 9.78 Å². The number of aromatic nitrogens is 1. The van der Waals surface area contributed by atoms with E-state index in [1.165, 1.54) is 0 Å². The molecule has 0 saturated carbocycles. The Morgan fingerprint density at radius 2 is 2.17 bits per heavy atom. The standard InChI is InChI=1S/C9H6ClF3INO3/c1-17-8(16)6-4(2-10)5(3-15-7(6)14)18-9(11,12)13/h3H,2H2,1H3. The van der Waals surface area contributed by atoms with Crippen LogP contribution in [0.2, 0.25) is 0 Å². The average Bonchev–Trinajstić information content (AvgIpc) is 2.28. The molecule has 0 saturated heterocycles. The van der Waals surface area contributed by atoms with Crippen molar-refractivity contribution >= 4 is 40.2 Å². The normalized spacial score (nSPS) is 11.2. The molecule has 0 aliphatic rings. The van der Waals surface area contributed by atoms with Gasteiger partial charge in [0.1, 0.15) is 3.70 Å². The molecule has 0 aliphatic heterocycles. The Balaban J connectivity index is 3.34. The number of nitrogens with zero attached hydrogens (tertiary/aromatic N) is 1. The van der Waals surface area contributed by atoms with E-state index in [4.69, 9.17) is 11.6 Å². The Kier molecular flexibility index (Phi) is 5.02. The molecule has 0 amide bonds. The highest BCUT2D eigenvalue weighted by molar-refractivity contribution is 14.1. The molecule has 0 N–H and O–H groups in total. The van der Waals surface area contributed by atoms with E-state index in [9.17, 15) is 18.0 Å². The number of carbonyl (C=O) groups excluding carboxylic acids is 1. The lowest BCUT2D eigenvalue weighted by Gasteiger charge is -2.14. The third-order valence-corrected chi connectivity index (χ3v) is 2.93. The molecule has 1 aromatic heterocycles. The van der Waals surface area contributed by atoms with Crippen LogP contribution in [0.4, 0.5) is 13.2 Å². The fourth-order valence-electron chi connectivity index (χ4n) is 1.16. The van der Waals surface area contributed by atoms with Crippen molar-refractivity contribution in [2.45, 2.75) is 12.2 Å². The van der Waals surface area contributed by atoms with Gasteiger partial charge in [0.05, 0.1) is 24.8 Å². The number of hydrogen-bond donors (Lipinski definition) is 0. The number of rotatable bonds is 3. The van der Waals surface area contributed by atoms with Gasteiger partial charge in [-0.3, -0.25) is 0 Å². The van der Waals surface area contributed by atoms with Crippen molar-refractivity contribution in [1.29, 1.82) is 0 Å². The lowest BCUT2D eigenvalue weighted by Crippen LogP contribution is -2.20. The second-order valence-electron chi connectivity index (χ2n) is 2.94. The van der Waals surface area contributed by atoms with Crippen LogP contribution in [0.5, 0.6) is 5.75 Å². The van der Waals surface area contributed by atoms with Crippen molar-refractivity contribution in [1.82, 2.24) is 4.98 Å². The van der Waals surface area contributed by atoms with Crippen LogP contribution in [0.25, 0.3) is 0 Å². The second-order valence-corrected chi connectivity index (χ2v) is 4.23. The lowest BCUT2D eigenvalue weighted by atomic mass is 10.1. The van der Waals surface area contributed by atoms with E-state index in [2.05, 4.69) is 14.5 Å². The largest absolute Gasteiger partial charge is 0.573 e. The molecular formula is C9H6ClF3INO3. The first-order valence-corrected chi connectivity index (χ1v) is 5.99. The topological polar surface area (TPSA) is 48.4 Å². The predicted octanol–water partition coefficient (Wildman–Crippen LogP) is 3.11. The number of esters is 1. The number of ether oxygens (including phenoxy) is 2. The summed E-state index contributed by atoms with van der Waals surface area (Å²) in [6.45, 7) is 0. The van der Waals surface area contributed by atoms with Gasteiger partial charge in [0.2, 0.25) is 0 Å². The van der Waals surface area contributed by atoms with Crippen molar-refractivity contribution < 1.29 is 27.4 Å². The van der Waals surface area contributed by atoms with Gasteiger partial charge in [-0.2, -0.15) is 0 Å². The van der Waals surface area contributed by atoms with E-state index in [1.807, 2.05) is 0 Å². The molecule has 0 fully saturated rings. The van der Waals surface area contributed by atoms with Crippen molar-refractivity contribution in [2.75, 3.05) is 7.11 Å². The number of pyridine rings is 1. The highest BCUT2D eigenvalue weighted by Crippen LogP contribution is 2.31. The molecule has 4 nitrogen and oxygen atoms in total. The maximum absolute atomic E-state index is 12.2. The third kappa shape index (κ3) is 3.61. The molecular weight excluding hydrogens is 389 g/mol. The second kappa shape index (κ2) is 5.91. The highest BCUT2D eigenvalue weighted by Gasteiger charge is 2.33. The van der Waals surface area contributed by atoms with E-state index in [0.29, 0.717) is 0 Å². The zero-order valence-electron chi connectivity index (χ0n) is 8.85. The van der Waals surface area contributed by atoms with Gasteiger partial charge in [-0.15, -0.1) is 24.8 Å². The molecule has 0 bridgehead atoms. The average molecular weight is 396 g/mol. The summed E-state index contributed by atoms with van der Waals surface area (Å²) in [5, 5.41) is 0. The minimum atomic E-state index is -4.89. The molecule has 1 aromatic rings. The number of carbonyl (C=O) groups is 1. The third-order valence-electron chi connectivity index (χ3n) is 1.85. The van der Waals surface area contributed by atoms with Crippen molar-refractivity contribution in [3.8, 4) is 5.75 Å². The van der Waals surface area contributed by atoms with Crippen LogP contribution < -0.4 is 4.74 Å². The minimum absolute atomic E-state index is 0.111. The molecule has 100 valence electrons. The molecule has 18 heavy (non-hydrogen) atoms. The first-order valence-electron chi connectivity index (χ1n) is 4.37. The van der Waals surface area contributed by atoms with Crippen LogP contribution in [0.1, 0.15) is 15.9 Å². The zero-order chi connectivity index (χ0) is 13.9. The minimum Gasteiger partial charge on any atom is -0.465 e. The van der Waals surface area contributed by atoms with E-state index < -0.39 is 18.1 Å². The first-order chi connectivity index (χ1) is 8.30. The Bertz CT molecular complexity index is 467. The van der Waals surface area contributed by atoms with Crippen LogP contribution in [0.15, 0.2) is 6.20 Å². The van der Waals surface area contributed by atoms with Gasteiger partial charge in [-0.1, -0.05) is 0 Å². The SMILES string of the molecule is COC(=O)c1c(I)ncc(OC(F)(F)F)c1CCl. The van der Waals surface area contributed by atoms with Crippen LogP contribution in [0, 0.1) is 3.70 Å². The molecule has 0 unspecified atom stereocenters. The van der Waals surface area contributed by atoms with Crippen molar-refractivity contribution in [3.05, 3.63) is 21.0 Å². The summed E-state index contributed by atoms with van der Waals surface area (Å²) in [7, 11) is 1.10. The van der Waals surface area contributed by atoms with Gasteiger partial charge in [0, 0.05) is 5.56 Å². The molecule has 0 aliphatic carbocycles. The number of methoxy groups -OCH3 is 1. The van der Waals surface area contributed by atoms with Crippen LogP contribution in [-0.4, -0.2) is 24.4 Å². The maximum atomic E-state index is 12.2. The van der Waals surface area contributed by atoms with Crippen molar-refractivity contribution in [3.63, 3.8) is 0 Å². The smallest absolute Gasteiger partial charge is 0.465 e. The number of halogens is 5. The summed E-state index contributed by atoms with van der Waals surface area (Å²) >= 11 is 7.25. The fourth-order valence-corrected chi connectivity index (χ4v) is 2.11. The summed E-state index contributed by atoms with van der Waals surface area (Å²) < 4.78 is 44.9. The van der Waals surface area contributed by atoms with Crippen molar-refractivity contribution in [2.24, 2.45) is 0 Å². The first kappa shape index (κ1) is 15.3. The van der Waals surface area contributed by atoms with Gasteiger partial charge < -0.3 is 9.47 Å². The van der Waals surface area contributed by atoms with Gasteiger partial charge >= 0.3 is 12.3 Å². The van der Waals surface area contributed by atoms with E-state index in [1.54, 1.807) is 22.6 Å². The number of alkyl halides is 4. The molecule has 0 atom stereocenters. The summed E-state index contributed by atoms with van der Waals surface area (Å²) in [5.74, 6) is -1.78. The van der Waals surface area contributed by atoms with E-state index in [-0.39, 0.29) is 20.7 Å². The van der Waals surface area contributed by atoms with Crippen LogP contribution >= 0.6 is 34.2 Å². The monoisotopic (exact) mass is 395 g/mol. The highest BCUT2D eigenvalue weighted by atomic mass is 127. The lowest BCUT2D eigenvalue weighted by molar-refractivity contribution is -0.275. The molecule has 0 radical (unpaired) electrons. The fraction of sp³-hybridized carbons (Fsp3) is 0.333. The van der Waals surface area contributed by atoms with Gasteiger partial charge in [-0.05, 0) is 22.6 Å². The summed E-state index contributed by atoms with van der Waals surface area (Å²) in [6, 6.07) is 0. The quantitative estimate of drug-likeness (QED) is 0.342.